The molecule has 26 heavy (non-hydrogen) atoms. The molecule has 1 fully saturated rings. The van der Waals surface area contributed by atoms with Gasteiger partial charge in [-0.1, -0.05) is 43.7 Å². The molecule has 0 radical (unpaired) electrons. The average molecular weight is 373 g/mol. The van der Waals surface area contributed by atoms with Gasteiger partial charge in [0.15, 0.2) is 0 Å². The molecule has 0 amide bonds. The van der Waals surface area contributed by atoms with Crippen molar-refractivity contribution in [2.24, 2.45) is 0 Å². The Kier molecular flexibility index (Phi) is 5.39. The van der Waals surface area contributed by atoms with Gasteiger partial charge in [0.1, 0.15) is 0 Å². The predicted octanol–water partition coefficient (Wildman–Crippen LogP) is 4.02. The van der Waals surface area contributed by atoms with E-state index in [1.165, 1.54) is 5.56 Å². The van der Waals surface area contributed by atoms with E-state index in [4.69, 9.17) is 0 Å². The SMILES string of the molecule is Cc1ccc(N2CCN(S(=O)(=O)c3ccc(C(C)C)cc3)CC2C)cc1. The van der Waals surface area contributed by atoms with Crippen molar-refractivity contribution in [1.82, 2.24) is 4.31 Å². The summed E-state index contributed by atoms with van der Waals surface area (Å²) >= 11 is 0. The minimum absolute atomic E-state index is 0.135. The van der Waals surface area contributed by atoms with Crippen LogP contribution < -0.4 is 4.90 Å². The molecule has 1 aliphatic heterocycles. The third-order valence-electron chi connectivity index (χ3n) is 5.14. The van der Waals surface area contributed by atoms with E-state index >= 15 is 0 Å². The zero-order valence-corrected chi connectivity index (χ0v) is 16.8. The first-order valence-corrected chi connectivity index (χ1v) is 10.7. The predicted molar refractivity (Wildman–Crippen MR) is 107 cm³/mol. The van der Waals surface area contributed by atoms with Crippen molar-refractivity contribution in [2.45, 2.75) is 44.6 Å². The van der Waals surface area contributed by atoms with Crippen LogP contribution in [0.15, 0.2) is 53.4 Å². The molecular formula is C21H28N2O2S. The van der Waals surface area contributed by atoms with Crippen LogP contribution in [0.1, 0.15) is 37.8 Å². The fraction of sp³-hybridized carbons (Fsp3) is 0.429. The summed E-state index contributed by atoms with van der Waals surface area (Å²) in [6.45, 7) is 10.1. The molecule has 1 heterocycles. The van der Waals surface area contributed by atoms with Gasteiger partial charge in [0, 0.05) is 31.4 Å². The second-order valence-corrected chi connectivity index (χ2v) is 9.40. The fourth-order valence-corrected chi connectivity index (χ4v) is 4.95. The number of benzene rings is 2. The lowest BCUT2D eigenvalue weighted by Crippen LogP contribution is -2.53. The Balaban J connectivity index is 1.75. The number of anilines is 1. The van der Waals surface area contributed by atoms with E-state index in [9.17, 15) is 8.42 Å². The third-order valence-corrected chi connectivity index (χ3v) is 7.02. The highest BCUT2D eigenvalue weighted by Gasteiger charge is 2.32. The van der Waals surface area contributed by atoms with Crippen LogP contribution in [0.3, 0.4) is 0 Å². The maximum absolute atomic E-state index is 13.0. The monoisotopic (exact) mass is 372 g/mol. The number of nitrogens with zero attached hydrogens (tertiary/aromatic N) is 2. The summed E-state index contributed by atoms with van der Waals surface area (Å²) in [7, 11) is -3.44. The summed E-state index contributed by atoms with van der Waals surface area (Å²) in [4.78, 5) is 2.67. The van der Waals surface area contributed by atoms with E-state index in [1.54, 1.807) is 16.4 Å². The van der Waals surface area contributed by atoms with Gasteiger partial charge in [0.2, 0.25) is 10.0 Å². The van der Waals surface area contributed by atoms with Crippen molar-refractivity contribution in [1.29, 1.82) is 0 Å². The van der Waals surface area contributed by atoms with Gasteiger partial charge in [0.25, 0.3) is 0 Å². The van der Waals surface area contributed by atoms with Crippen LogP contribution in [0.2, 0.25) is 0 Å². The van der Waals surface area contributed by atoms with Gasteiger partial charge in [-0.2, -0.15) is 4.31 Å². The summed E-state index contributed by atoms with van der Waals surface area (Å²) in [6.07, 6.45) is 0. The number of hydrogen-bond acceptors (Lipinski definition) is 3. The van der Waals surface area contributed by atoms with E-state index in [0.29, 0.717) is 30.4 Å². The molecule has 0 spiro atoms. The van der Waals surface area contributed by atoms with Crippen LogP contribution in [0.25, 0.3) is 0 Å². The minimum atomic E-state index is -3.44. The average Bonchev–Trinajstić information content (AvgIpc) is 2.62. The molecular weight excluding hydrogens is 344 g/mol. The van der Waals surface area contributed by atoms with Gasteiger partial charge >= 0.3 is 0 Å². The van der Waals surface area contributed by atoms with E-state index in [2.05, 4.69) is 56.9 Å². The summed E-state index contributed by atoms with van der Waals surface area (Å²) in [5.41, 5.74) is 3.54. The minimum Gasteiger partial charge on any atom is -0.366 e. The molecule has 2 aromatic rings. The Labute approximate surface area is 157 Å². The van der Waals surface area contributed by atoms with Crippen LogP contribution in [-0.4, -0.2) is 38.4 Å². The van der Waals surface area contributed by atoms with Crippen molar-refractivity contribution in [2.75, 3.05) is 24.5 Å². The second-order valence-electron chi connectivity index (χ2n) is 7.46. The highest BCUT2D eigenvalue weighted by atomic mass is 32.2. The van der Waals surface area contributed by atoms with Crippen molar-refractivity contribution >= 4 is 15.7 Å². The highest BCUT2D eigenvalue weighted by molar-refractivity contribution is 7.89. The Hall–Kier alpha value is -1.85. The zero-order chi connectivity index (χ0) is 18.9. The molecule has 0 N–H and O–H groups in total. The van der Waals surface area contributed by atoms with Crippen LogP contribution >= 0.6 is 0 Å². The zero-order valence-electron chi connectivity index (χ0n) is 16.0. The first-order valence-electron chi connectivity index (χ1n) is 9.22. The molecule has 5 heteroatoms. The topological polar surface area (TPSA) is 40.6 Å². The van der Waals surface area contributed by atoms with Crippen molar-refractivity contribution in [3.63, 3.8) is 0 Å². The fourth-order valence-electron chi connectivity index (χ4n) is 3.44. The maximum Gasteiger partial charge on any atom is 0.243 e. The first kappa shape index (κ1) is 18.9. The Morgan fingerprint density at radius 2 is 1.58 bits per heavy atom. The second kappa shape index (κ2) is 7.41. The van der Waals surface area contributed by atoms with Gasteiger partial charge in [0.05, 0.1) is 4.90 Å². The molecule has 0 bridgehead atoms. The van der Waals surface area contributed by atoms with E-state index < -0.39 is 10.0 Å². The van der Waals surface area contributed by atoms with Crippen molar-refractivity contribution < 1.29 is 8.42 Å². The molecule has 3 rings (SSSR count). The lowest BCUT2D eigenvalue weighted by Gasteiger charge is -2.40. The Morgan fingerprint density at radius 1 is 0.962 bits per heavy atom. The smallest absolute Gasteiger partial charge is 0.243 e. The number of rotatable bonds is 4. The molecule has 1 aliphatic rings. The molecule has 2 aromatic carbocycles. The highest BCUT2D eigenvalue weighted by Crippen LogP contribution is 2.25. The maximum atomic E-state index is 13.0. The number of piperazine rings is 1. The summed E-state index contributed by atoms with van der Waals surface area (Å²) < 4.78 is 27.6. The quantitative estimate of drug-likeness (QED) is 0.814. The lowest BCUT2D eigenvalue weighted by molar-refractivity contribution is 0.342. The van der Waals surface area contributed by atoms with Crippen molar-refractivity contribution in [3.05, 3.63) is 59.7 Å². The lowest BCUT2D eigenvalue weighted by atomic mass is 10.0. The first-order chi connectivity index (χ1) is 12.3. The van der Waals surface area contributed by atoms with Gasteiger partial charge in [-0.25, -0.2) is 8.42 Å². The number of aryl methyl sites for hydroxylation is 1. The molecule has 0 saturated carbocycles. The van der Waals surface area contributed by atoms with Gasteiger partial charge < -0.3 is 4.90 Å². The van der Waals surface area contributed by atoms with Crippen LogP contribution in [-0.2, 0) is 10.0 Å². The third kappa shape index (κ3) is 3.79. The Bertz CT molecular complexity index is 843. The molecule has 0 aliphatic carbocycles. The molecule has 4 nitrogen and oxygen atoms in total. The largest absolute Gasteiger partial charge is 0.366 e. The number of hydrogen-bond donors (Lipinski definition) is 0. The van der Waals surface area contributed by atoms with Gasteiger partial charge in [-0.3, -0.25) is 0 Å². The van der Waals surface area contributed by atoms with Gasteiger partial charge in [-0.15, -0.1) is 0 Å². The van der Waals surface area contributed by atoms with E-state index in [0.717, 1.165) is 11.3 Å². The number of sulfonamides is 1. The van der Waals surface area contributed by atoms with Crippen LogP contribution in [0.5, 0.6) is 0 Å². The van der Waals surface area contributed by atoms with Crippen molar-refractivity contribution in [3.8, 4) is 0 Å². The van der Waals surface area contributed by atoms with Gasteiger partial charge in [-0.05, 0) is 49.6 Å². The molecule has 1 unspecified atom stereocenters. The summed E-state index contributed by atoms with van der Waals surface area (Å²) in [5, 5.41) is 0. The molecule has 0 aromatic heterocycles. The molecule has 1 saturated heterocycles. The van der Waals surface area contributed by atoms with E-state index in [1.807, 2.05) is 12.1 Å². The summed E-state index contributed by atoms with van der Waals surface area (Å²) in [5.74, 6) is 0.393. The van der Waals surface area contributed by atoms with Crippen LogP contribution in [0, 0.1) is 6.92 Å². The molecule has 140 valence electrons. The van der Waals surface area contributed by atoms with Crippen LogP contribution in [0.4, 0.5) is 5.69 Å². The van der Waals surface area contributed by atoms with E-state index in [-0.39, 0.29) is 6.04 Å². The molecule has 1 atom stereocenters. The summed E-state index contributed by atoms with van der Waals surface area (Å²) in [6, 6.07) is 15.9. The Morgan fingerprint density at radius 3 is 2.12 bits per heavy atom. The normalized spacial score (nSPS) is 19.1. The standard InChI is InChI=1S/C21H28N2O2S/c1-16(2)19-7-11-21(12-8-19)26(24,25)22-13-14-23(18(4)15-22)20-9-5-17(3)6-10-20/h5-12,16,18H,13-15H2,1-4H3.